The number of piperazine rings is 1. The third-order valence-electron chi connectivity index (χ3n) is 4.07. The Bertz CT molecular complexity index is 422. The first kappa shape index (κ1) is 15.4. The molecule has 1 saturated heterocycles. The van der Waals surface area contributed by atoms with Crippen molar-refractivity contribution in [3.63, 3.8) is 0 Å². The molecule has 1 N–H and O–H groups in total. The van der Waals surface area contributed by atoms with Crippen LogP contribution in [0.4, 0.5) is 0 Å². The van der Waals surface area contributed by atoms with E-state index < -0.39 is 0 Å². The highest BCUT2D eigenvalue weighted by molar-refractivity contribution is 5.10. The maximum absolute atomic E-state index is 9.27. The van der Waals surface area contributed by atoms with Gasteiger partial charge in [0.15, 0.2) is 0 Å². The summed E-state index contributed by atoms with van der Waals surface area (Å²) >= 11 is 0. The van der Waals surface area contributed by atoms with Gasteiger partial charge in [0.25, 0.3) is 0 Å². The Labute approximate surface area is 122 Å². The Kier molecular flexibility index (Phi) is 5.52. The Morgan fingerprint density at radius 3 is 2.80 bits per heavy atom. The average molecular weight is 277 g/mol. The highest BCUT2D eigenvalue weighted by Crippen LogP contribution is 2.17. The summed E-state index contributed by atoms with van der Waals surface area (Å²) in [6.07, 6.45) is 0.857. The number of aryl methyl sites for hydroxylation is 1. The topological polar surface area (TPSA) is 39.6 Å². The van der Waals surface area contributed by atoms with Crippen LogP contribution in [0.25, 0.3) is 0 Å². The van der Waals surface area contributed by atoms with Crippen LogP contribution in [-0.4, -0.2) is 58.2 Å². The summed E-state index contributed by atoms with van der Waals surface area (Å²) in [5.41, 5.74) is 2.22. The van der Waals surface area contributed by atoms with Gasteiger partial charge in [0, 0.05) is 50.6 Å². The number of aromatic nitrogens is 1. The van der Waals surface area contributed by atoms with Gasteiger partial charge in [0.1, 0.15) is 0 Å². The van der Waals surface area contributed by atoms with Crippen LogP contribution in [0.1, 0.15) is 31.7 Å². The second-order valence-electron chi connectivity index (χ2n) is 6.00. The summed E-state index contributed by atoms with van der Waals surface area (Å²) in [6, 6.07) is 7.22. The molecule has 1 aliphatic heterocycles. The standard InChI is InChI=1S/C16H27N3O/c1-13(2)19-9-8-18(12-16(19)7-10-20)11-15-6-4-5-14(3)17-15/h4-6,13,16,20H,7-12H2,1-3H3/t16-/m0/s1. The van der Waals surface area contributed by atoms with Gasteiger partial charge in [-0.3, -0.25) is 14.8 Å². The van der Waals surface area contributed by atoms with E-state index in [9.17, 15) is 5.11 Å². The van der Waals surface area contributed by atoms with Crippen LogP contribution < -0.4 is 0 Å². The van der Waals surface area contributed by atoms with E-state index in [1.54, 1.807) is 0 Å². The molecular formula is C16H27N3O. The Morgan fingerprint density at radius 1 is 1.35 bits per heavy atom. The lowest BCUT2D eigenvalue weighted by atomic mass is 10.1. The van der Waals surface area contributed by atoms with E-state index in [1.165, 1.54) is 0 Å². The number of hydrogen-bond acceptors (Lipinski definition) is 4. The van der Waals surface area contributed by atoms with Gasteiger partial charge in [-0.1, -0.05) is 6.07 Å². The third kappa shape index (κ3) is 4.01. The molecule has 0 unspecified atom stereocenters. The monoisotopic (exact) mass is 277 g/mol. The maximum atomic E-state index is 9.27. The molecule has 0 radical (unpaired) electrons. The van der Waals surface area contributed by atoms with Crippen LogP contribution in [0.2, 0.25) is 0 Å². The normalized spacial score (nSPS) is 21.6. The van der Waals surface area contributed by atoms with Crippen molar-refractivity contribution < 1.29 is 5.11 Å². The molecule has 4 nitrogen and oxygen atoms in total. The first-order valence-corrected chi connectivity index (χ1v) is 7.61. The number of nitrogens with zero attached hydrogens (tertiary/aromatic N) is 3. The van der Waals surface area contributed by atoms with Crippen molar-refractivity contribution in [2.45, 2.75) is 45.8 Å². The molecule has 0 amide bonds. The zero-order valence-electron chi connectivity index (χ0n) is 12.9. The third-order valence-corrected chi connectivity index (χ3v) is 4.07. The molecule has 1 aromatic heterocycles. The zero-order chi connectivity index (χ0) is 14.5. The first-order chi connectivity index (χ1) is 9.60. The predicted octanol–water partition coefficient (Wildman–Crippen LogP) is 1.67. The lowest BCUT2D eigenvalue weighted by Gasteiger charge is -2.43. The minimum Gasteiger partial charge on any atom is -0.396 e. The highest BCUT2D eigenvalue weighted by Gasteiger charge is 2.28. The fourth-order valence-corrected chi connectivity index (χ4v) is 3.08. The van der Waals surface area contributed by atoms with E-state index in [0.29, 0.717) is 12.1 Å². The molecule has 0 aliphatic carbocycles. The molecule has 1 aromatic rings. The summed E-state index contributed by atoms with van der Waals surface area (Å²) in [4.78, 5) is 9.56. The summed E-state index contributed by atoms with van der Waals surface area (Å²) < 4.78 is 0. The molecule has 112 valence electrons. The molecule has 1 atom stereocenters. The molecular weight excluding hydrogens is 250 g/mol. The molecule has 4 heteroatoms. The average Bonchev–Trinajstić information content (AvgIpc) is 2.39. The summed E-state index contributed by atoms with van der Waals surface area (Å²) in [5, 5.41) is 9.27. The molecule has 1 aliphatic rings. The fourth-order valence-electron chi connectivity index (χ4n) is 3.08. The van der Waals surface area contributed by atoms with Gasteiger partial charge in [-0.15, -0.1) is 0 Å². The van der Waals surface area contributed by atoms with Crippen molar-refractivity contribution in [1.29, 1.82) is 0 Å². The van der Waals surface area contributed by atoms with Crippen LogP contribution in [0.15, 0.2) is 18.2 Å². The Hall–Kier alpha value is -0.970. The van der Waals surface area contributed by atoms with Crippen molar-refractivity contribution in [1.82, 2.24) is 14.8 Å². The molecule has 1 fully saturated rings. The number of aliphatic hydroxyl groups excluding tert-OH is 1. The minimum atomic E-state index is 0.268. The van der Waals surface area contributed by atoms with Crippen molar-refractivity contribution >= 4 is 0 Å². The lowest BCUT2D eigenvalue weighted by Crippen LogP contribution is -2.55. The van der Waals surface area contributed by atoms with Crippen LogP contribution in [-0.2, 0) is 6.54 Å². The molecule has 20 heavy (non-hydrogen) atoms. The zero-order valence-corrected chi connectivity index (χ0v) is 12.9. The molecule has 0 bridgehead atoms. The second-order valence-corrected chi connectivity index (χ2v) is 6.00. The lowest BCUT2D eigenvalue weighted by molar-refractivity contribution is 0.0344. The van der Waals surface area contributed by atoms with Gasteiger partial charge in [0.05, 0.1) is 5.69 Å². The van der Waals surface area contributed by atoms with Gasteiger partial charge in [-0.25, -0.2) is 0 Å². The number of rotatable bonds is 5. The van der Waals surface area contributed by atoms with Gasteiger partial charge in [-0.2, -0.15) is 0 Å². The SMILES string of the molecule is Cc1cccc(CN2CCN(C(C)C)[C@@H](CCO)C2)n1. The predicted molar refractivity (Wildman–Crippen MR) is 81.6 cm³/mol. The molecule has 0 aromatic carbocycles. The number of hydrogen-bond donors (Lipinski definition) is 1. The van der Waals surface area contributed by atoms with E-state index in [0.717, 1.165) is 44.0 Å². The summed E-state index contributed by atoms with van der Waals surface area (Å²) in [7, 11) is 0. The van der Waals surface area contributed by atoms with E-state index in [4.69, 9.17) is 0 Å². The van der Waals surface area contributed by atoms with Crippen LogP contribution >= 0.6 is 0 Å². The van der Waals surface area contributed by atoms with Crippen molar-refractivity contribution in [2.24, 2.45) is 0 Å². The van der Waals surface area contributed by atoms with Crippen molar-refractivity contribution in [3.8, 4) is 0 Å². The second kappa shape index (κ2) is 7.16. The van der Waals surface area contributed by atoms with Gasteiger partial charge in [0.2, 0.25) is 0 Å². The Morgan fingerprint density at radius 2 is 2.15 bits per heavy atom. The smallest absolute Gasteiger partial charge is 0.0547 e. The van der Waals surface area contributed by atoms with Gasteiger partial charge >= 0.3 is 0 Å². The number of aliphatic hydroxyl groups is 1. The summed E-state index contributed by atoms with van der Waals surface area (Å²) in [5.74, 6) is 0. The van der Waals surface area contributed by atoms with Gasteiger partial charge < -0.3 is 5.11 Å². The molecule has 0 spiro atoms. The van der Waals surface area contributed by atoms with Gasteiger partial charge in [-0.05, 0) is 39.3 Å². The van der Waals surface area contributed by atoms with Crippen LogP contribution in [0.5, 0.6) is 0 Å². The maximum Gasteiger partial charge on any atom is 0.0547 e. The van der Waals surface area contributed by atoms with Crippen molar-refractivity contribution in [3.05, 3.63) is 29.6 Å². The fraction of sp³-hybridized carbons (Fsp3) is 0.688. The summed E-state index contributed by atoms with van der Waals surface area (Å²) in [6.45, 7) is 10.9. The minimum absolute atomic E-state index is 0.268. The van der Waals surface area contributed by atoms with Crippen LogP contribution in [0.3, 0.4) is 0 Å². The van der Waals surface area contributed by atoms with E-state index in [1.807, 2.05) is 13.0 Å². The quantitative estimate of drug-likeness (QED) is 0.888. The van der Waals surface area contributed by atoms with E-state index in [2.05, 4.69) is 40.8 Å². The van der Waals surface area contributed by atoms with E-state index >= 15 is 0 Å². The van der Waals surface area contributed by atoms with E-state index in [-0.39, 0.29) is 6.61 Å². The first-order valence-electron chi connectivity index (χ1n) is 7.61. The molecule has 2 heterocycles. The largest absolute Gasteiger partial charge is 0.396 e. The molecule has 2 rings (SSSR count). The Balaban J connectivity index is 1.97. The van der Waals surface area contributed by atoms with Crippen LogP contribution in [0, 0.1) is 6.92 Å². The molecule has 0 saturated carbocycles. The van der Waals surface area contributed by atoms with Crippen molar-refractivity contribution in [2.75, 3.05) is 26.2 Å². The number of pyridine rings is 1. The highest BCUT2D eigenvalue weighted by atomic mass is 16.3.